The van der Waals surface area contributed by atoms with Crippen LogP contribution in [0.3, 0.4) is 0 Å². The molecule has 8 nitrogen and oxygen atoms in total. The molecule has 3 atom stereocenters. The lowest BCUT2D eigenvalue weighted by Crippen LogP contribution is -2.55. The Morgan fingerprint density at radius 3 is 2.62 bits per heavy atom. The molecule has 32 heavy (non-hydrogen) atoms. The maximum absolute atomic E-state index is 13.4. The molecule has 2 heterocycles. The molecule has 0 aromatic carbocycles. The van der Waals surface area contributed by atoms with E-state index < -0.39 is 35.2 Å². The number of rotatable bonds is 7. The van der Waals surface area contributed by atoms with Gasteiger partial charge < -0.3 is 20.6 Å². The molecule has 0 aliphatic heterocycles. The van der Waals surface area contributed by atoms with Gasteiger partial charge in [-0.15, -0.1) is 0 Å². The maximum Gasteiger partial charge on any atom is 0.337 e. The molecule has 1 aliphatic carbocycles. The zero-order valence-electron chi connectivity index (χ0n) is 18.7. The molecule has 0 unspecified atom stereocenters. The Labute approximate surface area is 187 Å². The average molecular weight is 439 g/mol. The van der Waals surface area contributed by atoms with Crippen LogP contribution in [0.4, 0.5) is 0 Å². The fourth-order valence-electron chi connectivity index (χ4n) is 5.05. The highest BCUT2D eigenvalue weighted by atomic mass is 16.4. The van der Waals surface area contributed by atoms with E-state index in [4.69, 9.17) is 5.73 Å². The fourth-order valence-corrected chi connectivity index (χ4v) is 5.05. The van der Waals surface area contributed by atoms with E-state index in [1.54, 1.807) is 16.7 Å². The highest BCUT2D eigenvalue weighted by Crippen LogP contribution is 2.47. The molecule has 2 amide bonds. The van der Waals surface area contributed by atoms with Crippen LogP contribution in [-0.4, -0.2) is 33.3 Å². The quantitative estimate of drug-likeness (QED) is 0.610. The number of aromatic nitrogens is 1. The Hall–Kier alpha value is -3.34. The lowest BCUT2D eigenvalue weighted by molar-refractivity contribution is -0.137. The number of nitriles is 1. The molecule has 4 N–H and O–H groups in total. The van der Waals surface area contributed by atoms with Crippen molar-refractivity contribution in [2.75, 3.05) is 0 Å². The van der Waals surface area contributed by atoms with Crippen LogP contribution < -0.4 is 11.1 Å². The second-order valence-corrected chi connectivity index (χ2v) is 9.18. The molecule has 1 fully saturated rings. The van der Waals surface area contributed by atoms with Gasteiger partial charge in [0.15, 0.2) is 0 Å². The van der Waals surface area contributed by atoms with Gasteiger partial charge in [0.2, 0.25) is 11.8 Å². The number of aryl methyl sites for hydroxylation is 1. The average Bonchev–Trinajstić information content (AvgIpc) is 3.11. The smallest absolute Gasteiger partial charge is 0.337 e. The molecule has 1 aliphatic rings. The van der Waals surface area contributed by atoms with E-state index in [-0.39, 0.29) is 23.5 Å². The molecule has 8 heteroatoms. The van der Waals surface area contributed by atoms with Gasteiger partial charge in [-0.1, -0.05) is 32.8 Å². The third-order valence-corrected chi connectivity index (χ3v) is 6.44. The topological polar surface area (TPSA) is 138 Å². The summed E-state index contributed by atoms with van der Waals surface area (Å²) < 4.78 is 1.68. The molecule has 0 saturated heterocycles. The van der Waals surface area contributed by atoms with Crippen molar-refractivity contribution in [1.29, 1.82) is 5.26 Å². The standard InChI is InChI=1S/C24H30N4O4/c1-14(2)10-16(11-25)27-21(29)18-6-4-5-9-24(18,23(26)32)20-17(22(30)31)13-28-12-15(3)7-8-19(20)28/h7-8,12-14,16,18H,4-6,9-10H2,1-3H3,(H2,26,32)(H,27,29)(H,30,31)/t16-,18-,24-/m0/s1. The van der Waals surface area contributed by atoms with Crippen molar-refractivity contribution in [3.05, 3.63) is 41.2 Å². The molecular weight excluding hydrogens is 408 g/mol. The number of pyridine rings is 1. The Bertz CT molecular complexity index is 1100. The summed E-state index contributed by atoms with van der Waals surface area (Å²) in [5.74, 6) is -2.99. The van der Waals surface area contributed by atoms with Crippen molar-refractivity contribution in [1.82, 2.24) is 9.72 Å². The highest BCUT2D eigenvalue weighted by Gasteiger charge is 2.53. The number of nitrogens with two attached hydrogens (primary N) is 1. The van der Waals surface area contributed by atoms with E-state index in [2.05, 4.69) is 11.4 Å². The van der Waals surface area contributed by atoms with Gasteiger partial charge >= 0.3 is 5.97 Å². The first-order chi connectivity index (χ1) is 15.1. The van der Waals surface area contributed by atoms with Crippen LogP contribution in [0.2, 0.25) is 0 Å². The fraction of sp³-hybridized carbons (Fsp3) is 0.500. The van der Waals surface area contributed by atoms with Crippen molar-refractivity contribution in [3.63, 3.8) is 0 Å². The molecule has 1 saturated carbocycles. The summed E-state index contributed by atoms with van der Waals surface area (Å²) in [6, 6.07) is 5.03. The number of carboxylic acid groups (broad SMARTS) is 1. The van der Waals surface area contributed by atoms with E-state index >= 15 is 0 Å². The number of carbonyl (C=O) groups excluding carboxylic acids is 2. The summed E-state index contributed by atoms with van der Waals surface area (Å²) in [6.45, 7) is 5.80. The normalized spacial score (nSPS) is 21.8. The van der Waals surface area contributed by atoms with Crippen LogP contribution >= 0.6 is 0 Å². The Morgan fingerprint density at radius 2 is 2.03 bits per heavy atom. The summed E-state index contributed by atoms with van der Waals surface area (Å²) in [5.41, 5.74) is 6.22. The molecular formula is C24H30N4O4. The van der Waals surface area contributed by atoms with Gasteiger partial charge in [-0.25, -0.2) is 4.79 Å². The first-order valence-electron chi connectivity index (χ1n) is 11.0. The van der Waals surface area contributed by atoms with Gasteiger partial charge in [0, 0.05) is 18.0 Å². The predicted molar refractivity (Wildman–Crippen MR) is 119 cm³/mol. The van der Waals surface area contributed by atoms with E-state index in [1.807, 2.05) is 26.8 Å². The minimum atomic E-state index is -1.47. The largest absolute Gasteiger partial charge is 0.478 e. The third-order valence-electron chi connectivity index (χ3n) is 6.44. The SMILES string of the molecule is Cc1ccc2c([C@]3(C(N)=O)CCCC[C@H]3C(=O)N[C@H](C#N)CC(C)C)c(C(=O)O)cn2c1. The van der Waals surface area contributed by atoms with E-state index in [0.29, 0.717) is 31.2 Å². The van der Waals surface area contributed by atoms with Crippen molar-refractivity contribution >= 4 is 23.3 Å². The van der Waals surface area contributed by atoms with Gasteiger partial charge in [-0.2, -0.15) is 5.26 Å². The third kappa shape index (κ3) is 4.07. The van der Waals surface area contributed by atoms with E-state index in [9.17, 15) is 24.8 Å². The molecule has 170 valence electrons. The lowest BCUT2D eigenvalue weighted by Gasteiger charge is -2.41. The summed E-state index contributed by atoms with van der Waals surface area (Å²) in [6.07, 6.45) is 5.75. The van der Waals surface area contributed by atoms with Crippen LogP contribution in [0.1, 0.15) is 67.4 Å². The Kier molecular flexibility index (Phi) is 6.58. The van der Waals surface area contributed by atoms with E-state index in [1.165, 1.54) is 6.20 Å². The minimum absolute atomic E-state index is 0.0342. The van der Waals surface area contributed by atoms with Crippen LogP contribution in [0.15, 0.2) is 24.5 Å². The zero-order chi connectivity index (χ0) is 23.6. The lowest BCUT2D eigenvalue weighted by atomic mass is 9.60. The number of carbonyl (C=O) groups is 3. The van der Waals surface area contributed by atoms with Crippen LogP contribution in [0.25, 0.3) is 5.52 Å². The second kappa shape index (κ2) is 9.03. The number of aromatic carboxylic acids is 1. The molecule has 0 radical (unpaired) electrons. The van der Waals surface area contributed by atoms with Gasteiger partial charge in [-0.3, -0.25) is 9.59 Å². The molecule has 0 bridgehead atoms. The first-order valence-corrected chi connectivity index (χ1v) is 11.0. The molecule has 2 aromatic heterocycles. The summed E-state index contributed by atoms with van der Waals surface area (Å²) in [7, 11) is 0. The summed E-state index contributed by atoms with van der Waals surface area (Å²) in [4.78, 5) is 38.7. The number of primary amides is 1. The first kappa shape index (κ1) is 23.3. The summed E-state index contributed by atoms with van der Waals surface area (Å²) in [5, 5.41) is 22.2. The maximum atomic E-state index is 13.4. The van der Waals surface area contributed by atoms with Gasteiger partial charge in [-0.05, 0) is 43.7 Å². The zero-order valence-corrected chi connectivity index (χ0v) is 18.7. The number of nitrogens with zero attached hydrogens (tertiary/aromatic N) is 2. The van der Waals surface area contributed by atoms with Gasteiger partial charge in [0.1, 0.15) is 6.04 Å². The van der Waals surface area contributed by atoms with Crippen molar-refractivity contribution in [2.45, 2.75) is 64.3 Å². The van der Waals surface area contributed by atoms with Crippen molar-refractivity contribution in [3.8, 4) is 6.07 Å². The van der Waals surface area contributed by atoms with E-state index in [0.717, 1.165) is 5.56 Å². The van der Waals surface area contributed by atoms with Crippen LogP contribution in [0.5, 0.6) is 0 Å². The highest BCUT2D eigenvalue weighted by molar-refractivity contribution is 6.02. The second-order valence-electron chi connectivity index (χ2n) is 9.18. The minimum Gasteiger partial charge on any atom is -0.478 e. The number of amides is 2. The number of nitrogens with one attached hydrogen (secondary N) is 1. The Balaban J connectivity index is 2.19. The number of hydrogen-bond donors (Lipinski definition) is 3. The monoisotopic (exact) mass is 438 g/mol. The van der Waals surface area contributed by atoms with Crippen LogP contribution in [0, 0.1) is 30.1 Å². The molecule has 2 aromatic rings. The summed E-state index contributed by atoms with van der Waals surface area (Å²) >= 11 is 0. The van der Waals surface area contributed by atoms with Crippen molar-refractivity contribution < 1.29 is 19.5 Å². The number of fused-ring (bicyclic) bond motifs is 1. The van der Waals surface area contributed by atoms with Gasteiger partial charge in [0.25, 0.3) is 0 Å². The molecule has 0 spiro atoms. The van der Waals surface area contributed by atoms with Crippen LogP contribution in [-0.2, 0) is 15.0 Å². The Morgan fingerprint density at radius 1 is 1.31 bits per heavy atom. The molecule has 3 rings (SSSR count). The predicted octanol–water partition coefficient (Wildman–Crippen LogP) is 2.91. The number of carboxylic acids is 1. The van der Waals surface area contributed by atoms with Crippen molar-refractivity contribution in [2.24, 2.45) is 17.6 Å². The van der Waals surface area contributed by atoms with Gasteiger partial charge in [0.05, 0.1) is 28.5 Å². The number of hydrogen-bond acceptors (Lipinski definition) is 4.